The van der Waals surface area contributed by atoms with Crippen molar-refractivity contribution in [1.82, 2.24) is 9.97 Å². The van der Waals surface area contributed by atoms with Crippen LogP contribution in [0, 0.1) is 0 Å². The van der Waals surface area contributed by atoms with Gasteiger partial charge in [0.25, 0.3) is 0 Å². The molecule has 0 bridgehead atoms. The highest BCUT2D eigenvalue weighted by atomic mass is 16.5. The third-order valence-corrected chi connectivity index (χ3v) is 3.05. The van der Waals surface area contributed by atoms with E-state index in [-0.39, 0.29) is 5.95 Å². The first kappa shape index (κ1) is 16.5. The molecule has 20 heavy (non-hydrogen) atoms. The molecule has 0 saturated heterocycles. The van der Waals surface area contributed by atoms with E-state index in [0.29, 0.717) is 12.5 Å². The summed E-state index contributed by atoms with van der Waals surface area (Å²) in [6, 6.07) is 1.82. The molecule has 1 aromatic heterocycles. The first-order chi connectivity index (χ1) is 9.76. The van der Waals surface area contributed by atoms with Crippen molar-refractivity contribution in [2.24, 2.45) is 0 Å². The third kappa shape index (κ3) is 7.16. The third-order valence-electron chi connectivity index (χ3n) is 3.05. The minimum Gasteiger partial charge on any atom is -0.477 e. The molecule has 1 rings (SSSR count). The highest BCUT2D eigenvalue weighted by Gasteiger charge is 2.03. The van der Waals surface area contributed by atoms with E-state index in [4.69, 9.17) is 10.5 Å². The second kappa shape index (κ2) is 10.3. The summed E-state index contributed by atoms with van der Waals surface area (Å²) >= 11 is 0. The molecule has 3 N–H and O–H groups in total. The highest BCUT2D eigenvalue weighted by molar-refractivity contribution is 5.42. The minimum absolute atomic E-state index is 0.257. The maximum absolute atomic E-state index is 5.69. The van der Waals surface area contributed by atoms with Crippen LogP contribution in [0.4, 0.5) is 11.8 Å². The van der Waals surface area contributed by atoms with Gasteiger partial charge in [-0.2, -0.15) is 9.97 Å². The minimum atomic E-state index is 0.257. The van der Waals surface area contributed by atoms with Gasteiger partial charge in [0, 0.05) is 12.6 Å². The van der Waals surface area contributed by atoms with E-state index in [2.05, 4.69) is 29.1 Å². The van der Waals surface area contributed by atoms with Crippen LogP contribution in [-0.4, -0.2) is 23.1 Å². The summed E-state index contributed by atoms with van der Waals surface area (Å²) in [5.41, 5.74) is 5.69. The number of nitrogens with one attached hydrogen (secondary N) is 1. The van der Waals surface area contributed by atoms with E-state index in [1.807, 2.05) is 6.07 Å². The summed E-state index contributed by atoms with van der Waals surface area (Å²) < 4.78 is 5.56. The van der Waals surface area contributed by atoms with E-state index in [1.54, 1.807) is 0 Å². The molecule has 0 spiro atoms. The van der Waals surface area contributed by atoms with E-state index in [9.17, 15) is 0 Å². The van der Waals surface area contributed by atoms with Crippen LogP contribution in [0.25, 0.3) is 0 Å². The van der Waals surface area contributed by atoms with Crippen molar-refractivity contribution in [1.29, 1.82) is 0 Å². The highest BCUT2D eigenvalue weighted by Crippen LogP contribution is 2.15. The SMILES string of the molecule is CCCCCCCNc1cc(OCCCC)nc(N)n1. The molecular formula is C15H28N4O. The maximum Gasteiger partial charge on any atom is 0.225 e. The Labute approximate surface area is 122 Å². The Balaban J connectivity index is 2.33. The molecule has 0 unspecified atom stereocenters. The van der Waals surface area contributed by atoms with Crippen molar-refractivity contribution < 1.29 is 4.74 Å². The molecule has 5 nitrogen and oxygen atoms in total. The van der Waals surface area contributed by atoms with Crippen molar-refractivity contribution in [2.45, 2.75) is 58.8 Å². The normalized spacial score (nSPS) is 10.5. The second-order valence-electron chi connectivity index (χ2n) is 4.99. The van der Waals surface area contributed by atoms with Crippen molar-refractivity contribution in [3.63, 3.8) is 0 Å². The molecular weight excluding hydrogens is 252 g/mol. The molecule has 1 aromatic rings. The summed E-state index contributed by atoms with van der Waals surface area (Å²) in [4.78, 5) is 8.25. The number of unbranched alkanes of at least 4 members (excludes halogenated alkanes) is 5. The molecule has 0 aliphatic heterocycles. The Bertz CT molecular complexity index is 371. The number of aromatic nitrogens is 2. The number of nitrogen functional groups attached to an aromatic ring is 1. The molecule has 0 atom stereocenters. The number of rotatable bonds is 11. The van der Waals surface area contributed by atoms with E-state index < -0.39 is 0 Å². The fraction of sp³-hybridized carbons (Fsp3) is 0.733. The van der Waals surface area contributed by atoms with Crippen LogP contribution < -0.4 is 15.8 Å². The zero-order chi connectivity index (χ0) is 14.6. The van der Waals surface area contributed by atoms with Crippen LogP contribution in [0.3, 0.4) is 0 Å². The van der Waals surface area contributed by atoms with Crippen LogP contribution in [0.2, 0.25) is 0 Å². The van der Waals surface area contributed by atoms with E-state index in [1.165, 1.54) is 25.7 Å². The largest absolute Gasteiger partial charge is 0.477 e. The van der Waals surface area contributed by atoms with Gasteiger partial charge in [-0.05, 0) is 12.8 Å². The van der Waals surface area contributed by atoms with Gasteiger partial charge >= 0.3 is 0 Å². The van der Waals surface area contributed by atoms with Gasteiger partial charge in [0.15, 0.2) is 0 Å². The van der Waals surface area contributed by atoms with Gasteiger partial charge in [-0.1, -0.05) is 46.0 Å². The van der Waals surface area contributed by atoms with Crippen molar-refractivity contribution in [3.8, 4) is 5.88 Å². The lowest BCUT2D eigenvalue weighted by molar-refractivity contribution is 0.298. The maximum atomic E-state index is 5.69. The van der Waals surface area contributed by atoms with Gasteiger partial charge in [-0.3, -0.25) is 0 Å². The lowest BCUT2D eigenvalue weighted by Crippen LogP contribution is -2.08. The van der Waals surface area contributed by atoms with Crippen molar-refractivity contribution in [2.75, 3.05) is 24.2 Å². The van der Waals surface area contributed by atoms with Crippen LogP contribution in [0.15, 0.2) is 6.07 Å². The Hall–Kier alpha value is -1.52. The molecule has 0 aromatic carbocycles. The molecule has 0 amide bonds. The van der Waals surface area contributed by atoms with Gasteiger partial charge in [-0.25, -0.2) is 0 Å². The predicted octanol–water partition coefficient (Wildman–Crippen LogP) is 3.62. The summed E-state index contributed by atoms with van der Waals surface area (Å²) in [6.07, 6.45) is 8.41. The fourth-order valence-corrected chi connectivity index (χ4v) is 1.87. The smallest absolute Gasteiger partial charge is 0.225 e. The standard InChI is InChI=1S/C15H28N4O/c1-3-5-7-8-9-10-17-13-12-14(19-15(16)18-13)20-11-6-4-2/h12H,3-11H2,1-2H3,(H3,16,17,18,19). The number of nitrogens with two attached hydrogens (primary N) is 1. The number of ether oxygens (including phenoxy) is 1. The van der Waals surface area contributed by atoms with Crippen LogP contribution in [-0.2, 0) is 0 Å². The zero-order valence-corrected chi connectivity index (χ0v) is 12.8. The monoisotopic (exact) mass is 280 g/mol. The summed E-state index contributed by atoms with van der Waals surface area (Å²) in [7, 11) is 0. The average Bonchev–Trinajstić information content (AvgIpc) is 2.42. The van der Waals surface area contributed by atoms with Crippen LogP contribution >= 0.6 is 0 Å². The molecule has 1 heterocycles. The Kier molecular flexibility index (Phi) is 8.51. The molecule has 0 aliphatic rings. The summed E-state index contributed by atoms with van der Waals surface area (Å²) in [5, 5.41) is 3.28. The molecule has 0 saturated carbocycles. The summed E-state index contributed by atoms with van der Waals surface area (Å²) in [5.74, 6) is 1.56. The first-order valence-corrected chi connectivity index (χ1v) is 7.77. The topological polar surface area (TPSA) is 73.1 Å². The van der Waals surface area contributed by atoms with E-state index in [0.717, 1.165) is 31.6 Å². The molecule has 0 radical (unpaired) electrons. The van der Waals surface area contributed by atoms with Crippen molar-refractivity contribution >= 4 is 11.8 Å². The predicted molar refractivity (Wildman–Crippen MR) is 84.1 cm³/mol. The van der Waals surface area contributed by atoms with Crippen LogP contribution in [0.1, 0.15) is 58.8 Å². The van der Waals surface area contributed by atoms with Gasteiger partial charge in [0.2, 0.25) is 11.8 Å². The zero-order valence-electron chi connectivity index (χ0n) is 12.8. The number of hydrogen-bond acceptors (Lipinski definition) is 5. The second-order valence-corrected chi connectivity index (χ2v) is 4.99. The molecule has 0 fully saturated rings. The van der Waals surface area contributed by atoms with E-state index >= 15 is 0 Å². The first-order valence-electron chi connectivity index (χ1n) is 7.77. The Morgan fingerprint density at radius 3 is 2.55 bits per heavy atom. The Morgan fingerprint density at radius 2 is 1.80 bits per heavy atom. The average molecular weight is 280 g/mol. The van der Waals surface area contributed by atoms with Gasteiger partial charge in [0.05, 0.1) is 6.61 Å². The number of nitrogens with zero attached hydrogens (tertiary/aromatic N) is 2. The molecule has 114 valence electrons. The van der Waals surface area contributed by atoms with Gasteiger partial charge in [0.1, 0.15) is 5.82 Å². The fourth-order valence-electron chi connectivity index (χ4n) is 1.87. The molecule has 0 aliphatic carbocycles. The Morgan fingerprint density at radius 1 is 1.05 bits per heavy atom. The van der Waals surface area contributed by atoms with Gasteiger partial charge in [-0.15, -0.1) is 0 Å². The van der Waals surface area contributed by atoms with Crippen molar-refractivity contribution in [3.05, 3.63) is 6.07 Å². The lowest BCUT2D eigenvalue weighted by Gasteiger charge is -2.09. The lowest BCUT2D eigenvalue weighted by atomic mass is 10.1. The van der Waals surface area contributed by atoms with Gasteiger partial charge < -0.3 is 15.8 Å². The number of hydrogen-bond donors (Lipinski definition) is 2. The summed E-state index contributed by atoms with van der Waals surface area (Å²) in [6.45, 7) is 5.93. The molecule has 5 heteroatoms. The number of anilines is 2. The quantitative estimate of drug-likeness (QED) is 0.606. The van der Waals surface area contributed by atoms with Crippen LogP contribution in [0.5, 0.6) is 5.88 Å².